The second-order valence-corrected chi connectivity index (χ2v) is 5.95. The van der Waals surface area contributed by atoms with Gasteiger partial charge in [0.1, 0.15) is 0 Å². The van der Waals surface area contributed by atoms with E-state index in [-0.39, 0.29) is 5.91 Å². The Morgan fingerprint density at radius 2 is 1.85 bits per heavy atom. The smallest absolute Gasteiger partial charge is 0.224 e. The Hall–Kier alpha value is -1.35. The predicted molar refractivity (Wildman–Crippen MR) is 86.2 cm³/mol. The molecule has 0 saturated carbocycles. The fourth-order valence-electron chi connectivity index (χ4n) is 2.17. The van der Waals surface area contributed by atoms with Crippen LogP contribution in [0.3, 0.4) is 0 Å². The van der Waals surface area contributed by atoms with Crippen molar-refractivity contribution in [2.75, 3.05) is 11.9 Å². The van der Waals surface area contributed by atoms with Crippen molar-refractivity contribution in [3.05, 3.63) is 29.3 Å². The minimum Gasteiger partial charge on any atom is -0.330 e. The van der Waals surface area contributed by atoms with E-state index in [4.69, 9.17) is 5.73 Å². The van der Waals surface area contributed by atoms with Crippen LogP contribution in [0.1, 0.15) is 69.9 Å². The van der Waals surface area contributed by atoms with Crippen LogP contribution in [-0.4, -0.2) is 12.5 Å². The zero-order valence-electron chi connectivity index (χ0n) is 13.2. The summed E-state index contributed by atoms with van der Waals surface area (Å²) >= 11 is 0. The van der Waals surface area contributed by atoms with Gasteiger partial charge in [0.15, 0.2) is 0 Å². The number of carbonyl (C=O) groups is 1. The van der Waals surface area contributed by atoms with E-state index in [1.54, 1.807) is 0 Å². The predicted octanol–water partition coefficient (Wildman–Crippen LogP) is 4.00. The first-order valence-corrected chi connectivity index (χ1v) is 7.59. The van der Waals surface area contributed by atoms with Crippen LogP contribution >= 0.6 is 0 Å². The Morgan fingerprint density at radius 1 is 1.15 bits per heavy atom. The Bertz CT molecular complexity index is 439. The number of anilines is 1. The van der Waals surface area contributed by atoms with Gasteiger partial charge in [0, 0.05) is 12.1 Å². The molecule has 0 aliphatic heterocycles. The van der Waals surface area contributed by atoms with Crippen LogP contribution in [0.15, 0.2) is 18.2 Å². The molecule has 1 aromatic rings. The Balaban J connectivity index is 2.81. The minimum atomic E-state index is 0.0812. The van der Waals surface area contributed by atoms with E-state index < -0.39 is 0 Å². The third-order valence-corrected chi connectivity index (χ3v) is 3.50. The average Bonchev–Trinajstić information content (AvgIpc) is 2.38. The molecule has 0 aromatic heterocycles. The molecule has 0 aliphatic carbocycles. The van der Waals surface area contributed by atoms with Crippen molar-refractivity contribution >= 4 is 11.6 Å². The summed E-state index contributed by atoms with van der Waals surface area (Å²) in [6.07, 6.45) is 2.29. The molecule has 0 unspecified atom stereocenters. The Labute approximate surface area is 122 Å². The van der Waals surface area contributed by atoms with Crippen LogP contribution < -0.4 is 11.1 Å². The molecule has 1 amide bonds. The maximum atomic E-state index is 11.9. The number of nitrogens with two attached hydrogens (primary N) is 1. The molecule has 1 rings (SSSR count). The molecule has 3 heteroatoms. The number of amides is 1. The van der Waals surface area contributed by atoms with Gasteiger partial charge in [0.2, 0.25) is 5.91 Å². The van der Waals surface area contributed by atoms with Gasteiger partial charge < -0.3 is 11.1 Å². The monoisotopic (exact) mass is 276 g/mol. The summed E-state index contributed by atoms with van der Waals surface area (Å²) in [5, 5.41) is 3.04. The van der Waals surface area contributed by atoms with Gasteiger partial charge in [-0.1, -0.05) is 39.8 Å². The zero-order chi connectivity index (χ0) is 15.1. The maximum Gasteiger partial charge on any atom is 0.224 e. The van der Waals surface area contributed by atoms with Crippen LogP contribution in [-0.2, 0) is 4.79 Å². The van der Waals surface area contributed by atoms with Crippen molar-refractivity contribution in [2.45, 2.75) is 58.8 Å². The second-order valence-electron chi connectivity index (χ2n) is 5.95. The number of hydrogen-bond acceptors (Lipinski definition) is 2. The zero-order valence-corrected chi connectivity index (χ0v) is 13.2. The molecule has 0 saturated heterocycles. The van der Waals surface area contributed by atoms with Crippen LogP contribution in [0.5, 0.6) is 0 Å². The average molecular weight is 276 g/mol. The molecular formula is C17H28N2O. The first kappa shape index (κ1) is 16.7. The first-order chi connectivity index (χ1) is 9.45. The number of benzene rings is 1. The standard InChI is InChI=1S/C17H28N2O/c1-12(2)14-8-9-16(15(11-14)13(3)4)19-17(20)7-5-6-10-18/h8-9,11-13H,5-7,10,18H2,1-4H3,(H,19,20). The molecule has 0 atom stereocenters. The fourth-order valence-corrected chi connectivity index (χ4v) is 2.17. The molecule has 0 heterocycles. The highest BCUT2D eigenvalue weighted by atomic mass is 16.1. The third-order valence-electron chi connectivity index (χ3n) is 3.50. The largest absolute Gasteiger partial charge is 0.330 e. The molecule has 20 heavy (non-hydrogen) atoms. The molecule has 0 fully saturated rings. The van der Waals surface area contributed by atoms with Crippen molar-refractivity contribution in [3.8, 4) is 0 Å². The highest BCUT2D eigenvalue weighted by Gasteiger charge is 2.11. The summed E-state index contributed by atoms with van der Waals surface area (Å²) in [5.41, 5.74) is 8.92. The van der Waals surface area contributed by atoms with Gasteiger partial charge in [-0.15, -0.1) is 0 Å². The summed E-state index contributed by atoms with van der Waals surface area (Å²) in [7, 11) is 0. The lowest BCUT2D eigenvalue weighted by molar-refractivity contribution is -0.116. The third kappa shape index (κ3) is 4.97. The van der Waals surface area contributed by atoms with E-state index in [2.05, 4.69) is 45.1 Å². The van der Waals surface area contributed by atoms with Gasteiger partial charge >= 0.3 is 0 Å². The molecule has 0 radical (unpaired) electrons. The second kappa shape index (κ2) is 8.05. The first-order valence-electron chi connectivity index (χ1n) is 7.59. The lowest BCUT2D eigenvalue weighted by atomic mass is 9.94. The van der Waals surface area contributed by atoms with Crippen molar-refractivity contribution in [3.63, 3.8) is 0 Å². The van der Waals surface area contributed by atoms with Crippen molar-refractivity contribution in [2.24, 2.45) is 5.73 Å². The molecule has 0 aliphatic rings. The molecule has 112 valence electrons. The summed E-state index contributed by atoms with van der Waals surface area (Å²) in [4.78, 5) is 11.9. The van der Waals surface area contributed by atoms with Gasteiger partial charge in [0.05, 0.1) is 0 Å². The SMILES string of the molecule is CC(C)c1ccc(NC(=O)CCCCN)c(C(C)C)c1. The summed E-state index contributed by atoms with van der Waals surface area (Å²) in [6, 6.07) is 6.35. The number of rotatable bonds is 7. The van der Waals surface area contributed by atoms with Crippen molar-refractivity contribution in [1.82, 2.24) is 0 Å². The van der Waals surface area contributed by atoms with Crippen molar-refractivity contribution in [1.29, 1.82) is 0 Å². The van der Waals surface area contributed by atoms with Gasteiger partial charge in [0.25, 0.3) is 0 Å². The molecule has 3 nitrogen and oxygen atoms in total. The fraction of sp³-hybridized carbons (Fsp3) is 0.588. The number of hydrogen-bond donors (Lipinski definition) is 2. The van der Waals surface area contributed by atoms with Crippen molar-refractivity contribution < 1.29 is 4.79 Å². The Kier molecular flexibility index (Phi) is 6.73. The molecule has 0 spiro atoms. The summed E-state index contributed by atoms with van der Waals surface area (Å²) in [6.45, 7) is 9.33. The molecule has 3 N–H and O–H groups in total. The van der Waals surface area contributed by atoms with E-state index in [9.17, 15) is 4.79 Å². The van der Waals surface area contributed by atoms with Crippen LogP contribution in [0, 0.1) is 0 Å². The molecule has 1 aromatic carbocycles. The van der Waals surface area contributed by atoms with Gasteiger partial charge in [-0.3, -0.25) is 4.79 Å². The van der Waals surface area contributed by atoms with Gasteiger partial charge in [-0.05, 0) is 48.4 Å². The highest BCUT2D eigenvalue weighted by molar-refractivity contribution is 5.91. The maximum absolute atomic E-state index is 11.9. The van der Waals surface area contributed by atoms with E-state index in [1.165, 1.54) is 11.1 Å². The topological polar surface area (TPSA) is 55.1 Å². The van der Waals surface area contributed by atoms with E-state index in [0.29, 0.717) is 24.8 Å². The number of unbranched alkanes of at least 4 members (excludes halogenated alkanes) is 1. The van der Waals surface area contributed by atoms with Crippen LogP contribution in [0.25, 0.3) is 0 Å². The highest BCUT2D eigenvalue weighted by Crippen LogP contribution is 2.28. The Morgan fingerprint density at radius 3 is 2.40 bits per heavy atom. The van der Waals surface area contributed by atoms with E-state index >= 15 is 0 Å². The molecular weight excluding hydrogens is 248 g/mol. The van der Waals surface area contributed by atoms with Gasteiger partial charge in [-0.25, -0.2) is 0 Å². The lowest BCUT2D eigenvalue weighted by Gasteiger charge is -2.17. The quantitative estimate of drug-likeness (QED) is 0.739. The van der Waals surface area contributed by atoms with Crippen LogP contribution in [0.4, 0.5) is 5.69 Å². The number of nitrogens with one attached hydrogen (secondary N) is 1. The molecule has 0 bridgehead atoms. The van der Waals surface area contributed by atoms with Gasteiger partial charge in [-0.2, -0.15) is 0 Å². The normalized spacial score (nSPS) is 11.2. The summed E-state index contributed by atoms with van der Waals surface area (Å²) < 4.78 is 0. The summed E-state index contributed by atoms with van der Waals surface area (Å²) in [5.74, 6) is 0.979. The lowest BCUT2D eigenvalue weighted by Crippen LogP contribution is -2.14. The minimum absolute atomic E-state index is 0.0812. The van der Waals surface area contributed by atoms with E-state index in [1.807, 2.05) is 6.07 Å². The van der Waals surface area contributed by atoms with Crippen LogP contribution in [0.2, 0.25) is 0 Å². The number of carbonyl (C=O) groups excluding carboxylic acids is 1. The van der Waals surface area contributed by atoms with E-state index in [0.717, 1.165) is 18.5 Å².